The van der Waals surface area contributed by atoms with E-state index in [2.05, 4.69) is 11.9 Å². The van der Waals surface area contributed by atoms with Crippen molar-refractivity contribution in [3.63, 3.8) is 0 Å². The molecule has 6 heteroatoms. The maximum absolute atomic E-state index is 6.47. The topological polar surface area (TPSA) is 82.0 Å². The van der Waals surface area contributed by atoms with Gasteiger partial charge >= 0.3 is 29.6 Å². The summed E-state index contributed by atoms with van der Waals surface area (Å²) in [6.07, 6.45) is 0. The summed E-state index contributed by atoms with van der Waals surface area (Å²) in [5, 5.41) is 0. The predicted molar refractivity (Wildman–Crippen MR) is 16.8 cm³/mol. The first-order valence-electron chi connectivity index (χ1n) is 0.616. The molecule has 0 aromatic heterocycles. The average molecular weight is 120 g/mol. The summed E-state index contributed by atoms with van der Waals surface area (Å²) in [6.45, 7) is 0. The van der Waals surface area contributed by atoms with Gasteiger partial charge in [0.2, 0.25) is 4.91 Å². The zero-order valence-electron chi connectivity index (χ0n) is 4.27. The summed E-state index contributed by atoms with van der Waals surface area (Å²) in [7, 11) is 0. The van der Waals surface area contributed by atoms with Crippen LogP contribution >= 0.6 is 11.9 Å². The van der Waals surface area contributed by atoms with Gasteiger partial charge in [0.25, 0.3) is 0 Å². The molecule has 0 rings (SSSR count). The van der Waals surface area contributed by atoms with Crippen molar-refractivity contribution in [3.05, 3.63) is 0 Å². The minimum Gasteiger partial charge on any atom is -1.00 e. The standard InChI is InChI=1S/ClHO.H2N3.Na.H/c1-2;1-3-2;;/h2H;1-2H;;/q;2*+1;-1. The molecular weight excluding hydrogens is 116 g/mol. The molecule has 0 fully saturated rings. The van der Waals surface area contributed by atoms with Crippen LogP contribution in [0.3, 0.4) is 0 Å². The van der Waals surface area contributed by atoms with Crippen molar-refractivity contribution in [2.45, 2.75) is 0 Å². The molecule has 0 aromatic rings. The molecule has 0 saturated heterocycles. The van der Waals surface area contributed by atoms with E-state index in [9.17, 15) is 0 Å². The Kier molecular flexibility index (Phi) is 127. The normalized spacial score (nSPS) is 2.33. The molecule has 0 saturated carbocycles. The van der Waals surface area contributed by atoms with E-state index in [4.69, 9.17) is 15.7 Å². The zero-order chi connectivity index (χ0) is 4.71. The van der Waals surface area contributed by atoms with Crippen LogP contribution in [0.25, 0.3) is 0 Å². The summed E-state index contributed by atoms with van der Waals surface area (Å²) in [5.41, 5.74) is 11.0. The molecule has 0 aliphatic rings. The van der Waals surface area contributed by atoms with Gasteiger partial charge in [0.05, 0.1) is 11.9 Å². The summed E-state index contributed by atoms with van der Waals surface area (Å²) in [5.74, 6) is 0. The van der Waals surface area contributed by atoms with Crippen molar-refractivity contribution in [1.29, 1.82) is 11.1 Å². The number of hydrogen-bond acceptors (Lipinski definition) is 3. The molecule has 0 aromatic carbocycles. The molecule has 6 heavy (non-hydrogen) atoms. The van der Waals surface area contributed by atoms with Crippen molar-refractivity contribution < 1.29 is 35.6 Å². The summed E-state index contributed by atoms with van der Waals surface area (Å²) in [6, 6.07) is 0. The molecule has 0 bridgehead atoms. The van der Waals surface area contributed by atoms with Crippen LogP contribution in [0.5, 0.6) is 0 Å². The van der Waals surface area contributed by atoms with Crippen molar-refractivity contribution in [2.75, 3.05) is 0 Å². The minimum absolute atomic E-state index is 0. The van der Waals surface area contributed by atoms with Gasteiger partial charge in [-0.2, -0.15) is 0 Å². The van der Waals surface area contributed by atoms with Gasteiger partial charge in [-0.25, -0.2) is 0 Å². The Morgan fingerprint density at radius 1 is 1.50 bits per heavy atom. The maximum atomic E-state index is 6.47. The molecule has 3 N–H and O–H groups in total. The van der Waals surface area contributed by atoms with Crippen LogP contribution in [0.15, 0.2) is 0 Å². The van der Waals surface area contributed by atoms with E-state index in [1.54, 1.807) is 0 Å². The van der Waals surface area contributed by atoms with E-state index < -0.39 is 0 Å². The third kappa shape index (κ3) is 184. The molecule has 0 atom stereocenters. The van der Waals surface area contributed by atoms with Crippen LogP contribution in [-0.2, 0) is 0 Å². The molecule has 4 nitrogen and oxygen atoms in total. The Hall–Kier alpha value is 0.560. The quantitative estimate of drug-likeness (QED) is 0.182. The Morgan fingerprint density at radius 3 is 1.50 bits per heavy atom. The van der Waals surface area contributed by atoms with Gasteiger partial charge in [0.15, 0.2) is 0 Å². The summed E-state index contributed by atoms with van der Waals surface area (Å²) in [4.78, 5) is 2.00. The van der Waals surface area contributed by atoms with E-state index in [1.165, 1.54) is 0 Å². The Bertz CT molecular complexity index is 35.9. The van der Waals surface area contributed by atoms with E-state index in [0.29, 0.717) is 0 Å². The fraction of sp³-hybridized carbons (Fsp3) is 0. The average Bonchev–Trinajstić information content (AvgIpc) is 1.46. The number of halogens is 1. The second-order valence-electron chi connectivity index (χ2n) is 0.112. The number of nitrogens with zero attached hydrogens (tertiary/aromatic N) is 1. The number of nitrogens with one attached hydrogen (secondary N) is 2. The third-order valence-corrected chi connectivity index (χ3v) is 0. The van der Waals surface area contributed by atoms with Gasteiger partial charge in [-0.1, -0.05) is 0 Å². The van der Waals surface area contributed by atoms with Crippen molar-refractivity contribution in [1.82, 2.24) is 4.91 Å². The smallest absolute Gasteiger partial charge is 1.00 e. The third-order valence-electron chi connectivity index (χ3n) is 0. The second kappa shape index (κ2) is 47.5. The van der Waals surface area contributed by atoms with Crippen molar-refractivity contribution in [2.24, 2.45) is 0 Å². The first kappa shape index (κ1) is 16.0. The van der Waals surface area contributed by atoms with Crippen LogP contribution in [-0.4, -0.2) is 4.66 Å². The zero-order valence-corrected chi connectivity index (χ0v) is 6.03. The summed E-state index contributed by atoms with van der Waals surface area (Å²) < 4.78 is 6.47. The van der Waals surface area contributed by atoms with Gasteiger partial charge in [-0.05, 0) is 0 Å². The molecule has 0 radical (unpaired) electrons. The van der Waals surface area contributed by atoms with E-state index in [1.807, 2.05) is 4.91 Å². The van der Waals surface area contributed by atoms with Crippen LogP contribution in [0.1, 0.15) is 1.43 Å². The Labute approximate surface area is 63.5 Å². The molecule has 0 unspecified atom stereocenters. The maximum Gasteiger partial charge on any atom is 1.00 e. The first-order valence-corrected chi connectivity index (χ1v) is 0.954. The van der Waals surface area contributed by atoms with E-state index in [-0.39, 0.29) is 31.0 Å². The monoisotopic (exact) mass is 120 g/mol. The molecular formula is H4ClN3NaO+. The second-order valence-corrected chi connectivity index (χ2v) is 0.112. The molecule has 0 aliphatic heterocycles. The van der Waals surface area contributed by atoms with Crippen molar-refractivity contribution in [3.8, 4) is 0 Å². The molecule has 0 spiro atoms. The molecule has 32 valence electrons. The first-order chi connectivity index (χ1) is 2.41. The molecule has 0 aliphatic carbocycles. The predicted octanol–water partition coefficient (Wildman–Crippen LogP) is -2.64. The van der Waals surface area contributed by atoms with Crippen LogP contribution in [0.2, 0.25) is 0 Å². The van der Waals surface area contributed by atoms with Crippen LogP contribution < -0.4 is 34.5 Å². The fourth-order valence-corrected chi connectivity index (χ4v) is 0. The largest absolute Gasteiger partial charge is 1.00 e. The molecule has 0 heterocycles. The van der Waals surface area contributed by atoms with Gasteiger partial charge in [0, 0.05) is 0 Å². The number of hydrogen-bond donors (Lipinski definition) is 3. The SMILES string of the molecule is N=[N+]=N.OCl.[H-].[Na+]. The number of rotatable bonds is 0. The Morgan fingerprint density at radius 2 is 1.50 bits per heavy atom. The van der Waals surface area contributed by atoms with Crippen LogP contribution in [0, 0.1) is 11.1 Å². The van der Waals surface area contributed by atoms with E-state index >= 15 is 0 Å². The van der Waals surface area contributed by atoms with Crippen LogP contribution in [0.4, 0.5) is 0 Å². The van der Waals surface area contributed by atoms with Gasteiger partial charge in [-0.3, -0.25) is 4.66 Å². The molecule has 0 amide bonds. The van der Waals surface area contributed by atoms with Gasteiger partial charge in [-0.15, -0.1) is 0 Å². The van der Waals surface area contributed by atoms with Gasteiger partial charge < -0.3 is 1.43 Å². The van der Waals surface area contributed by atoms with Gasteiger partial charge in [0.1, 0.15) is 11.1 Å². The summed E-state index contributed by atoms with van der Waals surface area (Å²) >= 11 is 3.64. The minimum atomic E-state index is 0. The van der Waals surface area contributed by atoms with E-state index in [0.717, 1.165) is 0 Å². The van der Waals surface area contributed by atoms with Crippen molar-refractivity contribution >= 4 is 11.9 Å². The fourth-order valence-electron chi connectivity index (χ4n) is 0. The Balaban J connectivity index is -0.0000000105.